The summed E-state index contributed by atoms with van der Waals surface area (Å²) in [5.74, 6) is 0. The van der Waals surface area contributed by atoms with Crippen molar-refractivity contribution in [1.82, 2.24) is 0 Å². The van der Waals surface area contributed by atoms with Gasteiger partial charge in [-0.3, -0.25) is 0 Å². The molecule has 1 radical (unpaired) electrons. The predicted molar refractivity (Wildman–Crippen MR) is 52.7 cm³/mol. The molecule has 0 aliphatic heterocycles. The van der Waals surface area contributed by atoms with E-state index in [1.807, 2.05) is 6.07 Å². The van der Waals surface area contributed by atoms with Crippen LogP contribution in [-0.2, 0) is 2.81 Å². The average molecular weight is 359 g/mol. The minimum absolute atomic E-state index is 0.0345. The molecule has 65 valence electrons. The van der Waals surface area contributed by atoms with Crippen molar-refractivity contribution < 1.29 is 2.81 Å². The van der Waals surface area contributed by atoms with Gasteiger partial charge >= 0.3 is 86.5 Å². The van der Waals surface area contributed by atoms with Gasteiger partial charge in [0.15, 0.2) is 0 Å². The molecule has 0 fully saturated rings. The molecular formula is C10H14BiO. The SMILES string of the molecule is CC(C)(C)[O][Bi][c]1ccccc1. The molecule has 0 aliphatic carbocycles. The zero-order valence-electron chi connectivity index (χ0n) is 7.74. The van der Waals surface area contributed by atoms with Crippen LogP contribution in [0, 0.1) is 0 Å². The summed E-state index contributed by atoms with van der Waals surface area (Å²) in [6.45, 7) is 6.33. The first-order valence-electron chi connectivity index (χ1n) is 4.02. The Morgan fingerprint density at radius 2 is 1.67 bits per heavy atom. The number of rotatable bonds is 2. The van der Waals surface area contributed by atoms with Gasteiger partial charge in [-0.1, -0.05) is 0 Å². The first-order chi connectivity index (χ1) is 5.58. The molecule has 0 unspecified atom stereocenters. The minimum atomic E-state index is -0.880. The van der Waals surface area contributed by atoms with Gasteiger partial charge in [-0.2, -0.15) is 0 Å². The van der Waals surface area contributed by atoms with E-state index in [0.29, 0.717) is 0 Å². The van der Waals surface area contributed by atoms with E-state index in [1.165, 1.54) is 3.27 Å². The second-order valence-electron chi connectivity index (χ2n) is 3.63. The van der Waals surface area contributed by atoms with E-state index in [-0.39, 0.29) is 5.60 Å². The van der Waals surface area contributed by atoms with Crippen LogP contribution < -0.4 is 3.27 Å². The molecule has 0 aliphatic rings. The number of benzene rings is 1. The van der Waals surface area contributed by atoms with Crippen molar-refractivity contribution in [2.75, 3.05) is 0 Å². The monoisotopic (exact) mass is 359 g/mol. The van der Waals surface area contributed by atoms with Crippen LogP contribution in [0.15, 0.2) is 30.3 Å². The van der Waals surface area contributed by atoms with Crippen molar-refractivity contribution in [2.24, 2.45) is 0 Å². The van der Waals surface area contributed by atoms with Crippen molar-refractivity contribution in [2.45, 2.75) is 26.4 Å². The molecule has 0 spiro atoms. The van der Waals surface area contributed by atoms with Crippen molar-refractivity contribution in [3.63, 3.8) is 0 Å². The first-order valence-corrected chi connectivity index (χ1v) is 7.18. The van der Waals surface area contributed by atoms with Crippen molar-refractivity contribution in [3.8, 4) is 0 Å². The van der Waals surface area contributed by atoms with Gasteiger partial charge in [0.2, 0.25) is 0 Å². The molecule has 0 saturated carbocycles. The van der Waals surface area contributed by atoms with Gasteiger partial charge < -0.3 is 0 Å². The predicted octanol–water partition coefficient (Wildman–Crippen LogP) is 1.75. The fourth-order valence-electron chi connectivity index (χ4n) is 0.678. The molecule has 0 bridgehead atoms. The molecule has 0 saturated heterocycles. The Balaban J connectivity index is 2.44. The van der Waals surface area contributed by atoms with Gasteiger partial charge in [0.05, 0.1) is 0 Å². The fourth-order valence-corrected chi connectivity index (χ4v) is 3.30. The van der Waals surface area contributed by atoms with Crippen LogP contribution in [0.2, 0.25) is 0 Å². The topological polar surface area (TPSA) is 9.23 Å². The Hall–Kier alpha value is 0.0631. The standard InChI is InChI=1S/C6H5.C4H9O.Bi/c1-2-4-6-5-3-1;1-4(2,3)5;/h1-5H;1-3H3;/q;-1;+1. The summed E-state index contributed by atoms with van der Waals surface area (Å²) in [5.41, 5.74) is 0.0345. The summed E-state index contributed by atoms with van der Waals surface area (Å²) in [4.78, 5) is 0. The van der Waals surface area contributed by atoms with Crippen molar-refractivity contribution in [3.05, 3.63) is 30.3 Å². The molecule has 1 nitrogen and oxygen atoms in total. The summed E-state index contributed by atoms with van der Waals surface area (Å²) < 4.78 is 7.21. The van der Waals surface area contributed by atoms with E-state index in [4.69, 9.17) is 2.81 Å². The molecule has 0 heterocycles. The maximum absolute atomic E-state index is 5.80. The number of hydrogen-bond donors (Lipinski definition) is 0. The van der Waals surface area contributed by atoms with Gasteiger partial charge in [0.1, 0.15) is 0 Å². The molecule has 0 amide bonds. The van der Waals surface area contributed by atoms with Gasteiger partial charge in [-0.05, 0) is 0 Å². The van der Waals surface area contributed by atoms with Crippen LogP contribution in [0.3, 0.4) is 0 Å². The van der Waals surface area contributed by atoms with Crippen LogP contribution in [0.4, 0.5) is 0 Å². The van der Waals surface area contributed by atoms with Crippen LogP contribution in [0.25, 0.3) is 0 Å². The van der Waals surface area contributed by atoms with Gasteiger partial charge in [-0.15, -0.1) is 0 Å². The first kappa shape index (κ1) is 10.1. The Morgan fingerprint density at radius 1 is 1.08 bits per heavy atom. The van der Waals surface area contributed by atoms with E-state index in [2.05, 4.69) is 45.0 Å². The molecule has 1 aromatic carbocycles. The number of hydrogen-bond acceptors (Lipinski definition) is 1. The second kappa shape index (κ2) is 4.34. The summed E-state index contributed by atoms with van der Waals surface area (Å²) in [7, 11) is 0. The summed E-state index contributed by atoms with van der Waals surface area (Å²) in [6.07, 6.45) is 0. The molecule has 0 N–H and O–H groups in total. The molecule has 0 atom stereocenters. The third-order valence-electron chi connectivity index (χ3n) is 1.18. The third-order valence-corrected chi connectivity index (χ3v) is 5.64. The Bertz CT molecular complexity index is 225. The molecule has 2 heteroatoms. The van der Waals surface area contributed by atoms with Crippen LogP contribution in [0.1, 0.15) is 20.8 Å². The van der Waals surface area contributed by atoms with Gasteiger partial charge in [0.25, 0.3) is 0 Å². The van der Waals surface area contributed by atoms with Gasteiger partial charge in [0, 0.05) is 0 Å². The van der Waals surface area contributed by atoms with E-state index in [9.17, 15) is 0 Å². The molecule has 0 aromatic heterocycles. The molecule has 1 rings (SSSR count). The van der Waals surface area contributed by atoms with Crippen molar-refractivity contribution in [1.29, 1.82) is 0 Å². The van der Waals surface area contributed by atoms with E-state index < -0.39 is 23.7 Å². The summed E-state index contributed by atoms with van der Waals surface area (Å²) in [5, 5.41) is 0. The van der Waals surface area contributed by atoms with Crippen LogP contribution in [0.5, 0.6) is 0 Å². The van der Waals surface area contributed by atoms with Gasteiger partial charge in [-0.25, -0.2) is 0 Å². The quantitative estimate of drug-likeness (QED) is 0.732. The van der Waals surface area contributed by atoms with E-state index >= 15 is 0 Å². The second-order valence-corrected chi connectivity index (χ2v) is 7.06. The summed E-state index contributed by atoms with van der Waals surface area (Å²) >= 11 is -0.880. The van der Waals surface area contributed by atoms with Crippen LogP contribution in [-0.4, -0.2) is 29.3 Å². The van der Waals surface area contributed by atoms with Crippen molar-refractivity contribution >= 4 is 26.9 Å². The third kappa shape index (κ3) is 4.18. The molecule has 1 aromatic rings. The summed E-state index contributed by atoms with van der Waals surface area (Å²) in [6, 6.07) is 10.5. The Morgan fingerprint density at radius 3 is 2.17 bits per heavy atom. The molecule has 12 heavy (non-hydrogen) atoms. The van der Waals surface area contributed by atoms with E-state index in [0.717, 1.165) is 0 Å². The molecular weight excluding hydrogens is 345 g/mol. The van der Waals surface area contributed by atoms with E-state index in [1.54, 1.807) is 0 Å². The van der Waals surface area contributed by atoms with Crippen LogP contribution >= 0.6 is 0 Å². The zero-order chi connectivity index (χ0) is 9.03. The zero-order valence-corrected chi connectivity index (χ0v) is 11.2. The Labute approximate surface area is 86.3 Å². The fraction of sp³-hybridized carbons (Fsp3) is 0.400. The maximum atomic E-state index is 5.80. The Kier molecular flexibility index (Phi) is 3.67. The average Bonchev–Trinajstić information content (AvgIpc) is 2.02. The normalized spacial score (nSPS) is 11.6.